The van der Waals surface area contributed by atoms with E-state index in [2.05, 4.69) is 12.8 Å². The first-order valence-corrected chi connectivity index (χ1v) is 2.22. The van der Waals surface area contributed by atoms with Crippen LogP contribution in [0.2, 0.25) is 0 Å². The average Bonchev–Trinajstić information content (AvgIpc) is 1.61. The number of hydrogen-bond donors (Lipinski definition) is 1. The van der Waals surface area contributed by atoms with Gasteiger partial charge in [-0.25, -0.2) is 0 Å². The molecule has 0 aliphatic heterocycles. The van der Waals surface area contributed by atoms with Gasteiger partial charge in [0.25, 0.3) is 0 Å². The van der Waals surface area contributed by atoms with Crippen LogP contribution >= 0.6 is 0 Å². The number of aliphatic hydroxyl groups excluding tert-OH is 1. The van der Waals surface area contributed by atoms with Gasteiger partial charge in [0.05, 0.1) is 6.10 Å². The largest absolute Gasteiger partial charge is 0.393 e. The molecule has 0 amide bonds. The molecule has 1 nitrogen and oxygen atoms in total. The van der Waals surface area contributed by atoms with Crippen molar-refractivity contribution in [2.75, 3.05) is 0 Å². The molecule has 0 bridgehead atoms. The second kappa shape index (κ2) is 3.70. The van der Waals surface area contributed by atoms with Crippen LogP contribution in [0.15, 0.2) is 0 Å². The number of rotatable bonds is 2. The quantitative estimate of drug-likeness (QED) is 0.500. The lowest BCUT2D eigenvalue weighted by molar-refractivity contribution is 0.212. The SMILES string of the molecule is C#CCCC([CH2])O. The number of aliphatic hydroxyl groups is 1. The molecule has 0 fully saturated rings. The van der Waals surface area contributed by atoms with E-state index < -0.39 is 6.10 Å². The molecule has 0 heterocycles. The zero-order chi connectivity index (χ0) is 5.70. The Balaban J connectivity index is 2.86. The van der Waals surface area contributed by atoms with E-state index in [0.29, 0.717) is 12.8 Å². The van der Waals surface area contributed by atoms with Crippen molar-refractivity contribution in [3.8, 4) is 12.3 Å². The Morgan fingerprint density at radius 2 is 2.43 bits per heavy atom. The van der Waals surface area contributed by atoms with Gasteiger partial charge >= 0.3 is 0 Å². The highest BCUT2D eigenvalue weighted by molar-refractivity contribution is 4.84. The van der Waals surface area contributed by atoms with Crippen molar-refractivity contribution in [3.63, 3.8) is 0 Å². The van der Waals surface area contributed by atoms with Crippen molar-refractivity contribution in [2.45, 2.75) is 18.9 Å². The molecule has 0 aliphatic carbocycles. The third-order valence-electron chi connectivity index (χ3n) is 0.622. The van der Waals surface area contributed by atoms with Crippen LogP contribution < -0.4 is 0 Å². The summed E-state index contributed by atoms with van der Waals surface area (Å²) in [5.74, 6) is 2.40. The van der Waals surface area contributed by atoms with E-state index in [1.54, 1.807) is 0 Å². The summed E-state index contributed by atoms with van der Waals surface area (Å²) in [5, 5.41) is 8.48. The van der Waals surface area contributed by atoms with Crippen molar-refractivity contribution in [3.05, 3.63) is 6.92 Å². The third-order valence-corrected chi connectivity index (χ3v) is 0.622. The molecular formula is C6H9O. The van der Waals surface area contributed by atoms with Crippen LogP contribution in [0.3, 0.4) is 0 Å². The van der Waals surface area contributed by atoms with Crippen LogP contribution in [0, 0.1) is 19.3 Å². The molecule has 0 rings (SSSR count). The lowest BCUT2D eigenvalue weighted by Gasteiger charge is -1.95. The molecule has 0 saturated carbocycles. The van der Waals surface area contributed by atoms with Gasteiger partial charge in [-0.1, -0.05) is 0 Å². The third kappa shape index (κ3) is 5.52. The Morgan fingerprint density at radius 1 is 1.86 bits per heavy atom. The lowest BCUT2D eigenvalue weighted by Crippen LogP contribution is -1.97. The molecule has 39 valence electrons. The first-order chi connectivity index (χ1) is 3.27. The van der Waals surface area contributed by atoms with Crippen LogP contribution in [0.25, 0.3) is 0 Å². The van der Waals surface area contributed by atoms with E-state index in [1.165, 1.54) is 0 Å². The summed E-state index contributed by atoms with van der Waals surface area (Å²) < 4.78 is 0. The standard InChI is InChI=1S/C6H9O/c1-3-4-5-6(2)7/h1,6-7H,2,4-5H2. The molecule has 0 spiro atoms. The van der Waals surface area contributed by atoms with Gasteiger partial charge in [-0.3, -0.25) is 0 Å². The fourth-order valence-electron chi connectivity index (χ4n) is 0.250. The van der Waals surface area contributed by atoms with E-state index in [9.17, 15) is 0 Å². The molecule has 1 radical (unpaired) electrons. The van der Waals surface area contributed by atoms with Gasteiger partial charge in [0.1, 0.15) is 0 Å². The molecule has 0 saturated heterocycles. The summed E-state index contributed by atoms with van der Waals surface area (Å²) in [4.78, 5) is 0. The minimum Gasteiger partial charge on any atom is -0.393 e. The molecule has 1 N–H and O–H groups in total. The Morgan fingerprint density at radius 3 is 2.57 bits per heavy atom. The smallest absolute Gasteiger partial charge is 0.0550 e. The Labute approximate surface area is 44.4 Å². The first kappa shape index (κ1) is 6.52. The van der Waals surface area contributed by atoms with Crippen LogP contribution in [0.4, 0.5) is 0 Å². The molecule has 1 atom stereocenters. The molecule has 1 unspecified atom stereocenters. The van der Waals surface area contributed by atoms with Crippen molar-refractivity contribution in [1.29, 1.82) is 0 Å². The maximum atomic E-state index is 8.48. The summed E-state index contributed by atoms with van der Waals surface area (Å²) in [6.45, 7) is 3.34. The monoisotopic (exact) mass is 97.1 g/mol. The van der Waals surface area contributed by atoms with Gasteiger partial charge in [0.15, 0.2) is 0 Å². The highest BCUT2D eigenvalue weighted by atomic mass is 16.3. The first-order valence-electron chi connectivity index (χ1n) is 2.22. The lowest BCUT2D eigenvalue weighted by atomic mass is 10.2. The fourth-order valence-corrected chi connectivity index (χ4v) is 0.250. The minimum absolute atomic E-state index is 0.490. The van der Waals surface area contributed by atoms with Gasteiger partial charge in [0, 0.05) is 6.42 Å². The van der Waals surface area contributed by atoms with E-state index in [-0.39, 0.29) is 0 Å². The predicted octanol–water partition coefficient (Wildman–Crippen LogP) is 0.595. The molecule has 0 aromatic carbocycles. The van der Waals surface area contributed by atoms with Crippen molar-refractivity contribution >= 4 is 0 Å². The van der Waals surface area contributed by atoms with Gasteiger partial charge in [-0.05, 0) is 13.3 Å². The summed E-state index contributed by atoms with van der Waals surface area (Å²) in [7, 11) is 0. The zero-order valence-electron chi connectivity index (χ0n) is 4.22. The molecule has 7 heavy (non-hydrogen) atoms. The highest BCUT2D eigenvalue weighted by Crippen LogP contribution is 1.90. The van der Waals surface area contributed by atoms with Gasteiger partial charge in [0.2, 0.25) is 0 Å². The normalized spacial score (nSPS) is 12.7. The zero-order valence-corrected chi connectivity index (χ0v) is 4.22. The molecule has 0 aromatic heterocycles. The van der Waals surface area contributed by atoms with Crippen LogP contribution in [-0.4, -0.2) is 11.2 Å². The molecule has 0 aromatic rings. The van der Waals surface area contributed by atoms with E-state index in [4.69, 9.17) is 11.5 Å². The summed E-state index contributed by atoms with van der Waals surface area (Å²) in [6.07, 6.45) is 5.62. The van der Waals surface area contributed by atoms with Crippen LogP contribution in [0.5, 0.6) is 0 Å². The second-order valence-corrected chi connectivity index (χ2v) is 1.40. The van der Waals surface area contributed by atoms with E-state index in [1.807, 2.05) is 0 Å². The van der Waals surface area contributed by atoms with Crippen LogP contribution in [-0.2, 0) is 0 Å². The predicted molar refractivity (Wildman–Crippen MR) is 29.4 cm³/mol. The summed E-state index contributed by atoms with van der Waals surface area (Å²) >= 11 is 0. The summed E-state index contributed by atoms with van der Waals surface area (Å²) in [6, 6.07) is 0. The highest BCUT2D eigenvalue weighted by Gasteiger charge is 1.89. The molecule has 0 aliphatic rings. The maximum Gasteiger partial charge on any atom is 0.0550 e. The fraction of sp³-hybridized carbons (Fsp3) is 0.500. The second-order valence-electron chi connectivity index (χ2n) is 1.40. The molecular weight excluding hydrogens is 88.1 g/mol. The Kier molecular flexibility index (Phi) is 3.45. The topological polar surface area (TPSA) is 20.2 Å². The Hall–Kier alpha value is -0.480. The van der Waals surface area contributed by atoms with Crippen LogP contribution in [0.1, 0.15) is 12.8 Å². The van der Waals surface area contributed by atoms with Crippen molar-refractivity contribution in [1.82, 2.24) is 0 Å². The van der Waals surface area contributed by atoms with Crippen molar-refractivity contribution < 1.29 is 5.11 Å². The maximum absolute atomic E-state index is 8.48. The van der Waals surface area contributed by atoms with Gasteiger partial charge < -0.3 is 5.11 Å². The molecule has 1 heteroatoms. The van der Waals surface area contributed by atoms with Gasteiger partial charge in [-0.2, -0.15) is 0 Å². The Bertz CT molecular complexity index is 68.7. The minimum atomic E-state index is -0.490. The number of hydrogen-bond acceptors (Lipinski definition) is 1. The van der Waals surface area contributed by atoms with Gasteiger partial charge in [-0.15, -0.1) is 12.3 Å². The number of terminal acetylenes is 1. The van der Waals surface area contributed by atoms with E-state index >= 15 is 0 Å². The summed E-state index contributed by atoms with van der Waals surface area (Å²) in [5.41, 5.74) is 0. The van der Waals surface area contributed by atoms with E-state index in [0.717, 1.165) is 0 Å². The average molecular weight is 97.1 g/mol. The van der Waals surface area contributed by atoms with Crippen molar-refractivity contribution in [2.24, 2.45) is 0 Å².